The third-order valence-electron chi connectivity index (χ3n) is 2.50. The summed E-state index contributed by atoms with van der Waals surface area (Å²) in [4.78, 5) is 14.8. The van der Waals surface area contributed by atoms with Crippen molar-refractivity contribution in [1.29, 1.82) is 0 Å². The number of hydrogen-bond donors (Lipinski definition) is 1. The predicted molar refractivity (Wildman–Crippen MR) is 69.7 cm³/mol. The number of unbranched alkanes of at least 4 members (excludes halogenated alkanes) is 1. The van der Waals surface area contributed by atoms with Gasteiger partial charge in [0.2, 0.25) is 0 Å². The summed E-state index contributed by atoms with van der Waals surface area (Å²) in [5.74, 6) is 0. The quantitative estimate of drug-likeness (QED) is 0.502. The van der Waals surface area contributed by atoms with Crippen molar-refractivity contribution in [2.24, 2.45) is 0 Å². The van der Waals surface area contributed by atoms with Gasteiger partial charge in [-0.3, -0.25) is 10.1 Å². The lowest BCUT2D eigenvalue weighted by Gasteiger charge is -2.06. The molecule has 2 aromatic rings. The smallest absolute Gasteiger partial charge is 0.319 e. The first kappa shape index (κ1) is 11.8. The molecule has 0 aliphatic rings. The van der Waals surface area contributed by atoms with Crippen molar-refractivity contribution in [3.05, 3.63) is 27.8 Å². The fourth-order valence-corrected chi connectivity index (χ4v) is 2.32. The minimum atomic E-state index is -0.365. The first-order chi connectivity index (χ1) is 8.24. The monoisotopic (exact) mass is 251 g/mol. The number of nitro groups is 1. The number of nitrogens with one attached hydrogen (secondary N) is 1. The van der Waals surface area contributed by atoms with Gasteiger partial charge in [0.15, 0.2) is 5.52 Å². The van der Waals surface area contributed by atoms with Crippen LogP contribution in [0.3, 0.4) is 0 Å². The molecule has 5 nitrogen and oxygen atoms in total. The second kappa shape index (κ2) is 5.09. The second-order valence-corrected chi connectivity index (χ2v) is 4.58. The first-order valence-corrected chi connectivity index (χ1v) is 6.36. The highest BCUT2D eigenvalue weighted by Crippen LogP contribution is 2.34. The van der Waals surface area contributed by atoms with Crippen LogP contribution in [0.25, 0.3) is 10.2 Å². The Kier molecular flexibility index (Phi) is 3.53. The molecule has 0 fully saturated rings. The van der Waals surface area contributed by atoms with E-state index in [4.69, 9.17) is 0 Å². The van der Waals surface area contributed by atoms with Crippen LogP contribution in [0.2, 0.25) is 0 Å². The van der Waals surface area contributed by atoms with Crippen LogP contribution in [-0.4, -0.2) is 16.5 Å². The number of fused-ring (bicyclic) bond motifs is 1. The van der Waals surface area contributed by atoms with Crippen molar-refractivity contribution in [2.75, 3.05) is 11.9 Å². The minimum Gasteiger partial charge on any atom is -0.379 e. The first-order valence-electron chi connectivity index (χ1n) is 5.48. The Balaban J connectivity index is 2.39. The predicted octanol–water partition coefficient (Wildman–Crippen LogP) is 3.42. The van der Waals surface area contributed by atoms with E-state index in [-0.39, 0.29) is 10.6 Å². The van der Waals surface area contributed by atoms with Crippen LogP contribution in [-0.2, 0) is 0 Å². The summed E-state index contributed by atoms with van der Waals surface area (Å²) in [7, 11) is 0. The maximum atomic E-state index is 11.1. The number of benzene rings is 1. The molecule has 0 radical (unpaired) electrons. The van der Waals surface area contributed by atoms with Crippen LogP contribution < -0.4 is 5.32 Å². The number of nitrogens with zero attached hydrogens (tertiary/aromatic N) is 2. The van der Waals surface area contributed by atoms with Crippen LogP contribution in [0, 0.1) is 10.1 Å². The van der Waals surface area contributed by atoms with Gasteiger partial charge in [-0.05, 0) is 18.6 Å². The molecule has 0 aliphatic carbocycles. The molecule has 0 aliphatic heterocycles. The molecule has 0 saturated carbocycles. The largest absolute Gasteiger partial charge is 0.379 e. The van der Waals surface area contributed by atoms with Crippen molar-refractivity contribution in [3.8, 4) is 0 Å². The second-order valence-electron chi connectivity index (χ2n) is 3.70. The van der Waals surface area contributed by atoms with Gasteiger partial charge in [0.05, 0.1) is 15.1 Å². The van der Waals surface area contributed by atoms with Gasteiger partial charge in [0.1, 0.15) is 5.69 Å². The highest BCUT2D eigenvalue weighted by Gasteiger charge is 2.19. The molecule has 0 spiro atoms. The Morgan fingerprint density at radius 3 is 3.06 bits per heavy atom. The zero-order chi connectivity index (χ0) is 12.3. The summed E-state index contributed by atoms with van der Waals surface area (Å²) in [5.41, 5.74) is 2.75. The number of nitro benzene ring substituents is 1. The van der Waals surface area contributed by atoms with Crippen LogP contribution in [0.4, 0.5) is 11.4 Å². The van der Waals surface area contributed by atoms with E-state index in [9.17, 15) is 10.1 Å². The highest BCUT2D eigenvalue weighted by atomic mass is 32.1. The normalized spacial score (nSPS) is 10.6. The van der Waals surface area contributed by atoms with Gasteiger partial charge in [-0.15, -0.1) is 11.3 Å². The van der Waals surface area contributed by atoms with Crippen LogP contribution >= 0.6 is 11.3 Å². The Hall–Kier alpha value is -1.69. The minimum absolute atomic E-state index is 0.0832. The molecular weight excluding hydrogens is 238 g/mol. The Morgan fingerprint density at radius 2 is 2.35 bits per heavy atom. The molecule has 0 bridgehead atoms. The van der Waals surface area contributed by atoms with E-state index in [1.54, 1.807) is 11.6 Å². The van der Waals surface area contributed by atoms with E-state index >= 15 is 0 Å². The number of aromatic nitrogens is 1. The standard InChI is InChI=1S/C11H13N3O2S/c1-2-3-6-12-8-4-5-9-10(13-7-17-9)11(8)14(15)16/h4-5,7,12H,2-3,6H2,1H3. The molecule has 17 heavy (non-hydrogen) atoms. The lowest BCUT2D eigenvalue weighted by atomic mass is 10.2. The third kappa shape index (κ3) is 2.36. The molecule has 0 unspecified atom stereocenters. The topological polar surface area (TPSA) is 68.1 Å². The summed E-state index contributed by atoms with van der Waals surface area (Å²) < 4.78 is 0.845. The highest BCUT2D eigenvalue weighted by molar-refractivity contribution is 7.16. The summed E-state index contributed by atoms with van der Waals surface area (Å²) in [6.45, 7) is 2.83. The maximum Gasteiger partial charge on any atom is 0.319 e. The number of thiazole rings is 1. The van der Waals surface area contributed by atoms with Gasteiger partial charge < -0.3 is 5.32 Å². The van der Waals surface area contributed by atoms with Crippen LogP contribution in [0.15, 0.2) is 17.6 Å². The lowest BCUT2D eigenvalue weighted by molar-refractivity contribution is -0.382. The number of rotatable bonds is 5. The zero-order valence-electron chi connectivity index (χ0n) is 9.47. The average Bonchev–Trinajstić information content (AvgIpc) is 2.76. The van der Waals surface area contributed by atoms with E-state index in [0.717, 1.165) is 24.1 Å². The van der Waals surface area contributed by atoms with Crippen molar-refractivity contribution >= 4 is 32.9 Å². The van der Waals surface area contributed by atoms with Crippen LogP contribution in [0.5, 0.6) is 0 Å². The fraction of sp³-hybridized carbons (Fsp3) is 0.364. The van der Waals surface area contributed by atoms with Gasteiger partial charge in [0, 0.05) is 6.54 Å². The van der Waals surface area contributed by atoms with Gasteiger partial charge >= 0.3 is 5.69 Å². The average molecular weight is 251 g/mol. The lowest BCUT2D eigenvalue weighted by Crippen LogP contribution is -2.04. The molecule has 90 valence electrons. The fourth-order valence-electron chi connectivity index (χ4n) is 1.64. The van der Waals surface area contributed by atoms with Gasteiger partial charge in [-0.1, -0.05) is 13.3 Å². The van der Waals surface area contributed by atoms with E-state index in [1.165, 1.54) is 11.3 Å². The number of anilines is 1. The van der Waals surface area contributed by atoms with Gasteiger partial charge in [0.25, 0.3) is 0 Å². The van der Waals surface area contributed by atoms with Crippen molar-refractivity contribution < 1.29 is 4.92 Å². The third-order valence-corrected chi connectivity index (χ3v) is 3.30. The zero-order valence-corrected chi connectivity index (χ0v) is 10.3. The molecular formula is C11H13N3O2S. The van der Waals surface area contributed by atoms with Crippen molar-refractivity contribution in [1.82, 2.24) is 4.98 Å². The van der Waals surface area contributed by atoms with Crippen molar-refractivity contribution in [2.45, 2.75) is 19.8 Å². The molecule has 0 saturated heterocycles. The maximum absolute atomic E-state index is 11.1. The molecule has 6 heteroatoms. The van der Waals surface area contributed by atoms with E-state index in [2.05, 4.69) is 17.2 Å². The summed E-state index contributed by atoms with van der Waals surface area (Å²) in [6.07, 6.45) is 2.05. The molecule has 0 atom stereocenters. The summed E-state index contributed by atoms with van der Waals surface area (Å²) >= 11 is 1.41. The Bertz CT molecular complexity index is 538. The van der Waals surface area contributed by atoms with E-state index in [0.29, 0.717) is 11.2 Å². The number of hydrogen-bond acceptors (Lipinski definition) is 5. The molecule has 1 aromatic carbocycles. The molecule has 2 rings (SSSR count). The van der Waals surface area contributed by atoms with Gasteiger partial charge in [-0.25, -0.2) is 4.98 Å². The molecule has 1 aromatic heterocycles. The molecule has 0 amide bonds. The Labute approximate surface area is 103 Å². The van der Waals surface area contributed by atoms with Crippen LogP contribution in [0.1, 0.15) is 19.8 Å². The summed E-state index contributed by atoms with van der Waals surface area (Å²) in [5, 5.41) is 14.2. The van der Waals surface area contributed by atoms with E-state index in [1.807, 2.05) is 6.07 Å². The SMILES string of the molecule is CCCCNc1ccc2scnc2c1[N+](=O)[O-]. The van der Waals surface area contributed by atoms with Gasteiger partial charge in [-0.2, -0.15) is 0 Å². The molecule has 1 heterocycles. The van der Waals surface area contributed by atoms with Crippen molar-refractivity contribution in [3.63, 3.8) is 0 Å². The summed E-state index contributed by atoms with van der Waals surface area (Å²) in [6, 6.07) is 3.63. The van der Waals surface area contributed by atoms with E-state index < -0.39 is 0 Å². The molecule has 1 N–H and O–H groups in total. The Morgan fingerprint density at radius 1 is 1.53 bits per heavy atom.